The predicted molar refractivity (Wildman–Crippen MR) is 117 cm³/mol. The van der Waals surface area contributed by atoms with Gasteiger partial charge in [0.1, 0.15) is 0 Å². The molecule has 4 rings (SSSR count). The molecule has 0 atom stereocenters. The van der Waals surface area contributed by atoms with Crippen LogP contribution in [0.2, 0.25) is 0 Å². The van der Waals surface area contributed by atoms with Gasteiger partial charge < -0.3 is 15.2 Å². The van der Waals surface area contributed by atoms with Gasteiger partial charge in [0.2, 0.25) is 5.95 Å². The van der Waals surface area contributed by atoms with Crippen LogP contribution in [0.5, 0.6) is 0 Å². The Labute approximate surface area is 170 Å². The number of nitrogens with zero attached hydrogens (tertiary/aromatic N) is 5. The lowest BCUT2D eigenvalue weighted by molar-refractivity contribution is 0.613. The van der Waals surface area contributed by atoms with Crippen molar-refractivity contribution in [2.24, 2.45) is 0 Å². The van der Waals surface area contributed by atoms with E-state index in [-0.39, 0.29) is 6.04 Å². The van der Waals surface area contributed by atoms with Gasteiger partial charge in [-0.1, -0.05) is 30.3 Å². The van der Waals surface area contributed by atoms with E-state index in [1.165, 1.54) is 0 Å². The lowest BCUT2D eigenvalue weighted by atomic mass is 10.1. The number of hydrogen-bond acceptors (Lipinski definition) is 6. The van der Waals surface area contributed by atoms with Gasteiger partial charge in [0.15, 0.2) is 17.0 Å². The first-order chi connectivity index (χ1) is 14.2. The van der Waals surface area contributed by atoms with Gasteiger partial charge in [-0.2, -0.15) is 9.97 Å². The molecule has 3 heterocycles. The second-order valence-corrected chi connectivity index (χ2v) is 7.11. The summed E-state index contributed by atoms with van der Waals surface area (Å²) in [7, 11) is 0. The second-order valence-electron chi connectivity index (χ2n) is 7.11. The van der Waals surface area contributed by atoms with Crippen LogP contribution >= 0.6 is 0 Å². The molecule has 3 aromatic heterocycles. The molecule has 0 bridgehead atoms. The molecule has 148 valence electrons. The zero-order valence-corrected chi connectivity index (χ0v) is 16.9. The number of aromatic nitrogens is 5. The summed E-state index contributed by atoms with van der Waals surface area (Å²) in [5.41, 5.74) is 4.84. The first-order valence-corrected chi connectivity index (χ1v) is 9.88. The number of nitrogens with one attached hydrogen (secondary N) is 2. The molecule has 29 heavy (non-hydrogen) atoms. The van der Waals surface area contributed by atoms with Gasteiger partial charge in [0, 0.05) is 30.9 Å². The van der Waals surface area contributed by atoms with Crippen LogP contribution in [0.4, 0.5) is 11.8 Å². The van der Waals surface area contributed by atoms with Gasteiger partial charge in [-0.3, -0.25) is 4.98 Å². The molecule has 0 saturated carbocycles. The summed E-state index contributed by atoms with van der Waals surface area (Å²) in [6, 6.07) is 14.6. The van der Waals surface area contributed by atoms with E-state index in [9.17, 15) is 0 Å². The van der Waals surface area contributed by atoms with Crippen LogP contribution in [0.15, 0.2) is 55.0 Å². The van der Waals surface area contributed by atoms with Gasteiger partial charge in [0.25, 0.3) is 0 Å². The average molecular weight is 387 g/mol. The van der Waals surface area contributed by atoms with Gasteiger partial charge in [0.05, 0.1) is 12.0 Å². The monoisotopic (exact) mass is 387 g/mol. The zero-order chi connectivity index (χ0) is 20.2. The van der Waals surface area contributed by atoms with E-state index in [4.69, 9.17) is 0 Å². The van der Waals surface area contributed by atoms with E-state index < -0.39 is 0 Å². The molecule has 1 aromatic carbocycles. The molecule has 0 spiro atoms. The first kappa shape index (κ1) is 18.9. The van der Waals surface area contributed by atoms with Crippen molar-refractivity contribution in [3.63, 3.8) is 0 Å². The van der Waals surface area contributed by atoms with Crippen molar-refractivity contribution in [3.8, 4) is 11.3 Å². The Kier molecular flexibility index (Phi) is 5.37. The van der Waals surface area contributed by atoms with Crippen molar-refractivity contribution in [1.82, 2.24) is 24.5 Å². The number of fused-ring (bicyclic) bond motifs is 1. The molecule has 4 aromatic rings. The van der Waals surface area contributed by atoms with E-state index in [1.807, 2.05) is 37.6 Å². The van der Waals surface area contributed by atoms with Gasteiger partial charge in [-0.25, -0.2) is 4.98 Å². The van der Waals surface area contributed by atoms with Crippen LogP contribution in [0, 0.1) is 0 Å². The molecule has 0 amide bonds. The summed E-state index contributed by atoms with van der Waals surface area (Å²) in [5.74, 6) is 1.34. The quantitative estimate of drug-likeness (QED) is 0.485. The topological polar surface area (TPSA) is 80.5 Å². The number of rotatable bonds is 7. The van der Waals surface area contributed by atoms with Crippen molar-refractivity contribution in [2.75, 3.05) is 17.2 Å². The van der Waals surface area contributed by atoms with Crippen LogP contribution in [0.1, 0.15) is 32.4 Å². The Bertz CT molecular complexity index is 1090. The van der Waals surface area contributed by atoms with E-state index in [0.717, 1.165) is 40.3 Å². The third-order valence-electron chi connectivity index (χ3n) is 4.69. The summed E-state index contributed by atoms with van der Waals surface area (Å²) in [6.45, 7) is 7.67. The molecule has 0 aliphatic carbocycles. The SMILES string of the molecule is CCNc1nc(NCc2ccc(-c3ccccn3)cc2)c2ncn(C(C)C)c2n1. The molecule has 7 heteroatoms. The third kappa shape index (κ3) is 4.03. The van der Waals surface area contributed by atoms with E-state index in [1.54, 1.807) is 0 Å². The normalized spacial score (nSPS) is 11.2. The Morgan fingerprint density at radius 2 is 1.79 bits per heavy atom. The van der Waals surface area contributed by atoms with Crippen LogP contribution < -0.4 is 10.6 Å². The second kappa shape index (κ2) is 8.26. The van der Waals surface area contributed by atoms with Crippen LogP contribution in [0.25, 0.3) is 22.4 Å². The molecule has 0 radical (unpaired) electrons. The lowest BCUT2D eigenvalue weighted by Gasteiger charge is -2.12. The average Bonchev–Trinajstić information content (AvgIpc) is 3.18. The van der Waals surface area contributed by atoms with Crippen LogP contribution in [-0.4, -0.2) is 31.0 Å². The van der Waals surface area contributed by atoms with E-state index in [0.29, 0.717) is 12.5 Å². The van der Waals surface area contributed by atoms with Gasteiger partial charge in [-0.05, 0) is 38.5 Å². The molecule has 7 nitrogen and oxygen atoms in total. The van der Waals surface area contributed by atoms with E-state index in [2.05, 4.69) is 73.2 Å². The van der Waals surface area contributed by atoms with Crippen molar-refractivity contribution in [2.45, 2.75) is 33.4 Å². The van der Waals surface area contributed by atoms with E-state index >= 15 is 0 Å². The smallest absolute Gasteiger partial charge is 0.226 e. The van der Waals surface area contributed by atoms with Crippen molar-refractivity contribution in [1.29, 1.82) is 0 Å². The molecular formula is C22H25N7. The fourth-order valence-corrected chi connectivity index (χ4v) is 3.17. The minimum Gasteiger partial charge on any atom is -0.364 e. The molecule has 0 aliphatic rings. The highest BCUT2D eigenvalue weighted by Crippen LogP contribution is 2.24. The number of anilines is 2. The maximum atomic E-state index is 4.64. The van der Waals surface area contributed by atoms with Crippen molar-refractivity contribution < 1.29 is 0 Å². The van der Waals surface area contributed by atoms with Crippen LogP contribution in [0.3, 0.4) is 0 Å². The fourth-order valence-electron chi connectivity index (χ4n) is 3.17. The molecule has 2 N–H and O–H groups in total. The Morgan fingerprint density at radius 3 is 2.48 bits per heavy atom. The summed E-state index contributed by atoms with van der Waals surface area (Å²) in [5, 5.41) is 6.64. The molecular weight excluding hydrogens is 362 g/mol. The maximum absolute atomic E-state index is 4.64. The Balaban J connectivity index is 1.57. The zero-order valence-electron chi connectivity index (χ0n) is 16.9. The van der Waals surface area contributed by atoms with Crippen LogP contribution in [-0.2, 0) is 6.54 Å². The summed E-state index contributed by atoms with van der Waals surface area (Å²) >= 11 is 0. The lowest BCUT2D eigenvalue weighted by Crippen LogP contribution is -2.09. The first-order valence-electron chi connectivity index (χ1n) is 9.88. The third-order valence-corrected chi connectivity index (χ3v) is 4.69. The highest BCUT2D eigenvalue weighted by Gasteiger charge is 2.14. The molecule has 0 unspecified atom stereocenters. The highest BCUT2D eigenvalue weighted by molar-refractivity contribution is 5.84. The predicted octanol–water partition coefficient (Wildman–Crippen LogP) is 4.51. The van der Waals surface area contributed by atoms with Gasteiger partial charge in [-0.15, -0.1) is 0 Å². The summed E-state index contributed by atoms with van der Waals surface area (Å²) in [6.07, 6.45) is 3.63. The fraction of sp³-hybridized carbons (Fsp3) is 0.273. The largest absolute Gasteiger partial charge is 0.364 e. The number of imidazole rings is 1. The standard InChI is InChI=1S/C22H25N7/c1-4-23-22-27-20(19-21(28-22)29(14-26-19)15(2)3)25-13-16-8-10-17(11-9-16)18-7-5-6-12-24-18/h5-12,14-15H,4,13H2,1-3H3,(H2,23,25,27,28). The number of pyridine rings is 1. The summed E-state index contributed by atoms with van der Waals surface area (Å²) < 4.78 is 2.06. The minimum absolute atomic E-state index is 0.274. The van der Waals surface area contributed by atoms with Crippen molar-refractivity contribution in [3.05, 3.63) is 60.6 Å². The highest BCUT2D eigenvalue weighted by atomic mass is 15.2. The number of hydrogen-bond donors (Lipinski definition) is 2. The molecule has 0 fully saturated rings. The maximum Gasteiger partial charge on any atom is 0.226 e. The minimum atomic E-state index is 0.274. The Morgan fingerprint density at radius 1 is 0.966 bits per heavy atom. The van der Waals surface area contributed by atoms with Crippen molar-refractivity contribution >= 4 is 22.9 Å². The number of benzene rings is 1. The molecule has 0 aliphatic heterocycles. The molecule has 0 saturated heterocycles. The van der Waals surface area contributed by atoms with Gasteiger partial charge >= 0.3 is 0 Å². The summed E-state index contributed by atoms with van der Waals surface area (Å²) in [4.78, 5) is 18.2. The Hall–Kier alpha value is -3.48.